The molecule has 5 nitrogen and oxygen atoms in total. The summed E-state index contributed by atoms with van der Waals surface area (Å²) in [5, 5.41) is 3.08. The molecule has 0 spiro atoms. The van der Waals surface area contributed by atoms with Crippen LogP contribution in [0.5, 0.6) is 0 Å². The quantitative estimate of drug-likeness (QED) is 0.720. The molecule has 4 rings (SSSR count). The van der Waals surface area contributed by atoms with Crippen LogP contribution in [0.1, 0.15) is 41.1 Å². The van der Waals surface area contributed by atoms with Crippen LogP contribution in [0.25, 0.3) is 11.1 Å². The number of ether oxygens (including phenoxy) is 1. The standard InChI is InChI=1S/C22H24N2O3/c25-22(23-18-11-13-26-14-12-18)17-9-10-20-19(15-17)24-21(27-20)8-4-7-16-5-2-1-3-6-16/h1-3,5-6,9-10,15,18H,4,7-8,11-14H2,(H,23,25). The zero-order chi connectivity index (χ0) is 18.5. The molecular weight excluding hydrogens is 340 g/mol. The van der Waals surface area contributed by atoms with Gasteiger partial charge in [0.2, 0.25) is 0 Å². The van der Waals surface area contributed by atoms with Crippen LogP contribution >= 0.6 is 0 Å². The summed E-state index contributed by atoms with van der Waals surface area (Å²) in [6.45, 7) is 1.42. The van der Waals surface area contributed by atoms with E-state index >= 15 is 0 Å². The lowest BCUT2D eigenvalue weighted by Crippen LogP contribution is -2.38. The molecule has 1 aliphatic rings. The number of fused-ring (bicyclic) bond motifs is 1. The highest BCUT2D eigenvalue weighted by Gasteiger charge is 2.18. The number of benzene rings is 2. The average Bonchev–Trinajstić information content (AvgIpc) is 3.11. The van der Waals surface area contributed by atoms with Crippen molar-refractivity contribution in [1.29, 1.82) is 0 Å². The number of aromatic nitrogens is 1. The molecule has 1 amide bonds. The second-order valence-electron chi connectivity index (χ2n) is 6.99. The minimum atomic E-state index is -0.0579. The molecule has 2 aromatic carbocycles. The highest BCUT2D eigenvalue weighted by atomic mass is 16.5. The zero-order valence-electron chi connectivity index (χ0n) is 15.3. The Hall–Kier alpha value is -2.66. The zero-order valence-corrected chi connectivity index (χ0v) is 15.3. The Bertz CT molecular complexity index is 898. The van der Waals surface area contributed by atoms with Crippen molar-refractivity contribution in [1.82, 2.24) is 10.3 Å². The van der Waals surface area contributed by atoms with Gasteiger partial charge in [0.1, 0.15) is 5.52 Å². The van der Waals surface area contributed by atoms with Crippen LogP contribution in [0.4, 0.5) is 0 Å². The molecule has 0 saturated carbocycles. The highest BCUT2D eigenvalue weighted by Crippen LogP contribution is 2.19. The number of aryl methyl sites for hydroxylation is 2. The first-order chi connectivity index (χ1) is 13.3. The van der Waals surface area contributed by atoms with E-state index in [4.69, 9.17) is 9.15 Å². The van der Waals surface area contributed by atoms with Gasteiger partial charge in [-0.15, -0.1) is 0 Å². The Morgan fingerprint density at radius 1 is 1.07 bits per heavy atom. The van der Waals surface area contributed by atoms with Gasteiger partial charge >= 0.3 is 0 Å². The van der Waals surface area contributed by atoms with Crippen molar-refractivity contribution in [3.8, 4) is 0 Å². The molecule has 1 N–H and O–H groups in total. The minimum Gasteiger partial charge on any atom is -0.441 e. The van der Waals surface area contributed by atoms with Crippen LogP contribution in [0.15, 0.2) is 52.9 Å². The van der Waals surface area contributed by atoms with E-state index in [0.29, 0.717) is 18.8 Å². The molecule has 27 heavy (non-hydrogen) atoms. The molecule has 140 valence electrons. The summed E-state index contributed by atoms with van der Waals surface area (Å²) in [5.41, 5.74) is 3.41. The van der Waals surface area contributed by atoms with Crippen LogP contribution in [0, 0.1) is 0 Å². The molecule has 1 aliphatic heterocycles. The van der Waals surface area contributed by atoms with Gasteiger partial charge < -0.3 is 14.5 Å². The molecule has 5 heteroatoms. The van der Waals surface area contributed by atoms with E-state index in [0.717, 1.165) is 49.1 Å². The molecule has 0 aliphatic carbocycles. The summed E-state index contributed by atoms with van der Waals surface area (Å²) in [4.78, 5) is 17.0. The molecule has 3 aromatic rings. The van der Waals surface area contributed by atoms with Crippen molar-refractivity contribution < 1.29 is 13.9 Å². The number of carbonyl (C=O) groups is 1. The van der Waals surface area contributed by atoms with E-state index in [1.54, 1.807) is 6.07 Å². The summed E-state index contributed by atoms with van der Waals surface area (Å²) in [6, 6.07) is 16.0. The largest absolute Gasteiger partial charge is 0.441 e. The highest BCUT2D eigenvalue weighted by molar-refractivity contribution is 5.97. The van der Waals surface area contributed by atoms with Gasteiger partial charge in [0.25, 0.3) is 5.91 Å². The molecule has 1 aromatic heterocycles. The van der Waals surface area contributed by atoms with Gasteiger partial charge in [0, 0.05) is 31.2 Å². The second kappa shape index (κ2) is 8.35. The fourth-order valence-corrected chi connectivity index (χ4v) is 3.42. The Labute approximate surface area is 158 Å². The fraction of sp³-hybridized carbons (Fsp3) is 0.364. The molecule has 2 heterocycles. The van der Waals surface area contributed by atoms with Gasteiger partial charge in [0.15, 0.2) is 11.5 Å². The predicted octanol–water partition coefficient (Wildman–Crippen LogP) is 3.91. The van der Waals surface area contributed by atoms with Crippen molar-refractivity contribution in [3.63, 3.8) is 0 Å². The van der Waals surface area contributed by atoms with Crippen molar-refractivity contribution in [2.45, 2.75) is 38.1 Å². The van der Waals surface area contributed by atoms with E-state index in [-0.39, 0.29) is 11.9 Å². The molecule has 1 fully saturated rings. The predicted molar refractivity (Wildman–Crippen MR) is 104 cm³/mol. The number of nitrogens with zero attached hydrogens (tertiary/aromatic N) is 1. The maximum atomic E-state index is 12.5. The lowest BCUT2D eigenvalue weighted by Gasteiger charge is -2.23. The van der Waals surface area contributed by atoms with Crippen LogP contribution in [-0.2, 0) is 17.6 Å². The molecular formula is C22H24N2O3. The first-order valence-corrected chi connectivity index (χ1v) is 9.60. The van der Waals surface area contributed by atoms with E-state index in [1.165, 1.54) is 5.56 Å². The topological polar surface area (TPSA) is 64.4 Å². The van der Waals surface area contributed by atoms with E-state index < -0.39 is 0 Å². The Morgan fingerprint density at radius 2 is 1.89 bits per heavy atom. The second-order valence-corrected chi connectivity index (χ2v) is 6.99. The summed E-state index contributed by atoms with van der Waals surface area (Å²) in [6.07, 6.45) is 4.49. The lowest BCUT2D eigenvalue weighted by molar-refractivity contribution is 0.0696. The molecule has 0 bridgehead atoms. The number of carbonyl (C=O) groups excluding carboxylic acids is 1. The number of hydrogen-bond donors (Lipinski definition) is 1. The monoisotopic (exact) mass is 364 g/mol. The van der Waals surface area contributed by atoms with Gasteiger partial charge in [-0.05, 0) is 49.4 Å². The third-order valence-electron chi connectivity index (χ3n) is 4.95. The smallest absolute Gasteiger partial charge is 0.251 e. The number of rotatable bonds is 6. The number of hydrogen-bond acceptors (Lipinski definition) is 4. The first kappa shape index (κ1) is 17.7. The van der Waals surface area contributed by atoms with Crippen LogP contribution in [-0.4, -0.2) is 30.1 Å². The first-order valence-electron chi connectivity index (χ1n) is 9.60. The lowest BCUT2D eigenvalue weighted by atomic mass is 10.1. The Balaban J connectivity index is 1.38. The molecule has 0 radical (unpaired) electrons. The molecule has 0 unspecified atom stereocenters. The van der Waals surface area contributed by atoms with Crippen molar-refractivity contribution in [3.05, 3.63) is 65.5 Å². The normalized spacial score (nSPS) is 15.1. The Morgan fingerprint density at radius 3 is 2.70 bits per heavy atom. The van der Waals surface area contributed by atoms with Gasteiger partial charge in [-0.25, -0.2) is 4.98 Å². The molecule has 0 atom stereocenters. The van der Waals surface area contributed by atoms with Gasteiger partial charge in [-0.2, -0.15) is 0 Å². The van der Waals surface area contributed by atoms with Crippen molar-refractivity contribution in [2.24, 2.45) is 0 Å². The van der Waals surface area contributed by atoms with Gasteiger partial charge in [0.05, 0.1) is 0 Å². The average molecular weight is 364 g/mol. The minimum absolute atomic E-state index is 0.0579. The van der Waals surface area contributed by atoms with Crippen LogP contribution < -0.4 is 5.32 Å². The third-order valence-corrected chi connectivity index (χ3v) is 4.95. The number of amides is 1. The summed E-state index contributed by atoms with van der Waals surface area (Å²) >= 11 is 0. The van der Waals surface area contributed by atoms with E-state index in [9.17, 15) is 4.79 Å². The molecule has 1 saturated heterocycles. The Kier molecular flexibility index (Phi) is 5.49. The maximum absolute atomic E-state index is 12.5. The summed E-state index contributed by atoms with van der Waals surface area (Å²) in [7, 11) is 0. The number of nitrogens with one attached hydrogen (secondary N) is 1. The fourth-order valence-electron chi connectivity index (χ4n) is 3.42. The van der Waals surface area contributed by atoms with Crippen molar-refractivity contribution >= 4 is 17.0 Å². The summed E-state index contributed by atoms with van der Waals surface area (Å²) in [5.74, 6) is 0.667. The van der Waals surface area contributed by atoms with E-state index in [1.807, 2.05) is 18.2 Å². The van der Waals surface area contributed by atoms with E-state index in [2.05, 4.69) is 34.6 Å². The number of oxazole rings is 1. The van der Waals surface area contributed by atoms with Crippen LogP contribution in [0.3, 0.4) is 0 Å². The SMILES string of the molecule is O=C(NC1CCOCC1)c1ccc2oc(CCCc3ccccc3)nc2c1. The van der Waals surface area contributed by atoms with Crippen LogP contribution in [0.2, 0.25) is 0 Å². The van der Waals surface area contributed by atoms with Gasteiger partial charge in [-0.1, -0.05) is 30.3 Å². The maximum Gasteiger partial charge on any atom is 0.251 e. The third kappa shape index (κ3) is 4.55. The van der Waals surface area contributed by atoms with Gasteiger partial charge in [-0.3, -0.25) is 4.79 Å². The van der Waals surface area contributed by atoms with Crippen molar-refractivity contribution in [2.75, 3.05) is 13.2 Å². The summed E-state index contributed by atoms with van der Waals surface area (Å²) < 4.78 is 11.2.